The Morgan fingerprint density at radius 2 is 2.00 bits per heavy atom. The lowest BCUT2D eigenvalue weighted by molar-refractivity contribution is -0.135. The average Bonchev–Trinajstić information content (AvgIpc) is 3.10. The number of ether oxygens (including phenoxy) is 3. The lowest BCUT2D eigenvalue weighted by atomic mass is 9.94. The minimum Gasteiger partial charge on any atom is -0.507 e. The Bertz CT molecular complexity index is 808. The molecule has 1 aromatic carbocycles. The van der Waals surface area contributed by atoms with Crippen LogP contribution in [0.3, 0.4) is 0 Å². The van der Waals surface area contributed by atoms with Crippen LogP contribution in [0, 0.1) is 6.92 Å². The van der Waals surface area contributed by atoms with Gasteiger partial charge in [-0.25, -0.2) is 4.79 Å². The fourth-order valence-corrected chi connectivity index (χ4v) is 3.68. The van der Waals surface area contributed by atoms with Crippen molar-refractivity contribution in [2.45, 2.75) is 39.7 Å². The smallest absolute Gasteiger partial charge is 0.342 e. The molecule has 28 heavy (non-hydrogen) atoms. The molecule has 2 aliphatic rings. The zero-order valence-corrected chi connectivity index (χ0v) is 16.7. The molecule has 7 nitrogen and oxygen atoms in total. The van der Waals surface area contributed by atoms with Gasteiger partial charge in [0.25, 0.3) is 0 Å². The van der Waals surface area contributed by atoms with Crippen LogP contribution in [-0.2, 0) is 27.3 Å². The van der Waals surface area contributed by atoms with Gasteiger partial charge in [0.15, 0.2) is 0 Å². The highest BCUT2D eigenvalue weighted by molar-refractivity contribution is 5.98. The summed E-state index contributed by atoms with van der Waals surface area (Å²) >= 11 is 0. The lowest BCUT2D eigenvalue weighted by Crippen LogP contribution is -2.40. The number of esters is 1. The molecule has 0 bridgehead atoms. The predicted molar refractivity (Wildman–Crippen MR) is 103 cm³/mol. The van der Waals surface area contributed by atoms with E-state index in [1.54, 1.807) is 7.11 Å². The van der Waals surface area contributed by atoms with Crippen LogP contribution in [0.25, 0.3) is 0 Å². The molecule has 0 saturated carbocycles. The molecule has 0 aliphatic carbocycles. The van der Waals surface area contributed by atoms with E-state index in [2.05, 4.69) is 0 Å². The molecule has 0 unspecified atom stereocenters. The molecule has 0 aromatic heterocycles. The third-order valence-corrected chi connectivity index (χ3v) is 5.40. The number of phenols is 1. The zero-order valence-electron chi connectivity index (χ0n) is 16.7. The van der Waals surface area contributed by atoms with Gasteiger partial charge in [0.2, 0.25) is 5.91 Å². The SMILES string of the molecule is COc1c(C)c2c(c(O)c1CC=C(C)CCC(=O)N1CCOCC1)C(=O)OC2. The molecule has 3 rings (SSSR count). The second kappa shape index (κ2) is 8.65. The van der Waals surface area contributed by atoms with E-state index < -0.39 is 5.97 Å². The van der Waals surface area contributed by atoms with Crippen molar-refractivity contribution in [1.29, 1.82) is 0 Å². The van der Waals surface area contributed by atoms with E-state index in [0.29, 0.717) is 62.4 Å². The maximum absolute atomic E-state index is 12.3. The van der Waals surface area contributed by atoms with Gasteiger partial charge < -0.3 is 24.2 Å². The van der Waals surface area contributed by atoms with Crippen molar-refractivity contribution in [3.05, 3.63) is 33.9 Å². The number of allylic oxidation sites excluding steroid dienone is 2. The Labute approximate surface area is 164 Å². The van der Waals surface area contributed by atoms with E-state index in [-0.39, 0.29) is 23.8 Å². The third kappa shape index (κ3) is 3.99. The molecule has 0 atom stereocenters. The Morgan fingerprint density at radius 1 is 1.29 bits per heavy atom. The quantitative estimate of drug-likeness (QED) is 0.594. The number of fused-ring (bicyclic) bond motifs is 1. The zero-order chi connectivity index (χ0) is 20.3. The van der Waals surface area contributed by atoms with Crippen molar-refractivity contribution in [3.8, 4) is 11.5 Å². The molecule has 2 aliphatic heterocycles. The number of morpholine rings is 1. The Balaban J connectivity index is 1.71. The Kier molecular flexibility index (Phi) is 6.24. The van der Waals surface area contributed by atoms with Crippen molar-refractivity contribution in [2.24, 2.45) is 0 Å². The molecule has 0 spiro atoms. The van der Waals surface area contributed by atoms with Gasteiger partial charge in [-0.05, 0) is 32.3 Å². The Hall–Kier alpha value is -2.54. The molecule has 152 valence electrons. The van der Waals surface area contributed by atoms with Gasteiger partial charge in [-0.3, -0.25) is 4.79 Å². The van der Waals surface area contributed by atoms with E-state index in [9.17, 15) is 14.7 Å². The fourth-order valence-electron chi connectivity index (χ4n) is 3.68. The van der Waals surface area contributed by atoms with Crippen molar-refractivity contribution >= 4 is 11.9 Å². The second-order valence-corrected chi connectivity index (χ2v) is 7.16. The van der Waals surface area contributed by atoms with Gasteiger partial charge in [-0.2, -0.15) is 0 Å². The molecule has 2 heterocycles. The third-order valence-electron chi connectivity index (χ3n) is 5.40. The number of nitrogens with zero attached hydrogens (tertiary/aromatic N) is 1. The highest BCUT2D eigenvalue weighted by atomic mass is 16.5. The van der Waals surface area contributed by atoms with E-state index in [4.69, 9.17) is 14.2 Å². The summed E-state index contributed by atoms with van der Waals surface area (Å²) < 4.78 is 15.8. The normalized spacial score (nSPS) is 16.8. The van der Waals surface area contributed by atoms with Crippen LogP contribution in [0.15, 0.2) is 11.6 Å². The average molecular weight is 389 g/mol. The van der Waals surface area contributed by atoms with Crippen LogP contribution < -0.4 is 4.74 Å². The molecular formula is C21H27NO6. The molecule has 0 radical (unpaired) electrons. The van der Waals surface area contributed by atoms with Gasteiger partial charge in [-0.1, -0.05) is 11.6 Å². The van der Waals surface area contributed by atoms with Crippen LogP contribution >= 0.6 is 0 Å². The number of carbonyl (C=O) groups excluding carboxylic acids is 2. The summed E-state index contributed by atoms with van der Waals surface area (Å²) in [5, 5.41) is 10.6. The maximum Gasteiger partial charge on any atom is 0.342 e. The summed E-state index contributed by atoms with van der Waals surface area (Å²) in [7, 11) is 1.55. The van der Waals surface area contributed by atoms with Gasteiger partial charge in [0.1, 0.15) is 23.7 Å². The molecular weight excluding hydrogens is 362 g/mol. The van der Waals surface area contributed by atoms with Crippen molar-refractivity contribution < 1.29 is 28.9 Å². The number of hydrogen-bond acceptors (Lipinski definition) is 6. The summed E-state index contributed by atoms with van der Waals surface area (Å²) in [5.41, 5.74) is 3.34. The number of benzene rings is 1. The molecule has 1 saturated heterocycles. The summed E-state index contributed by atoms with van der Waals surface area (Å²) in [6.45, 7) is 6.47. The highest BCUT2D eigenvalue weighted by Crippen LogP contribution is 2.42. The van der Waals surface area contributed by atoms with Crippen LogP contribution in [0.1, 0.15) is 46.8 Å². The molecule has 1 N–H and O–H groups in total. The summed E-state index contributed by atoms with van der Waals surface area (Å²) in [4.78, 5) is 26.1. The maximum atomic E-state index is 12.3. The first-order valence-corrected chi connectivity index (χ1v) is 9.53. The number of aromatic hydroxyl groups is 1. The Morgan fingerprint density at radius 3 is 2.68 bits per heavy atom. The highest BCUT2D eigenvalue weighted by Gasteiger charge is 2.31. The standard InChI is InChI=1S/C21H27NO6/c1-13(5-7-17(23)22-8-10-27-11-9-22)4-6-15-19(24)18-16(12-28-21(18)25)14(2)20(15)26-3/h4,24H,5-12H2,1-3H3. The number of amides is 1. The number of carbonyl (C=O) groups is 2. The number of cyclic esters (lactones) is 1. The van der Waals surface area contributed by atoms with Crippen LogP contribution in [0.2, 0.25) is 0 Å². The van der Waals surface area contributed by atoms with E-state index in [1.807, 2.05) is 24.8 Å². The second-order valence-electron chi connectivity index (χ2n) is 7.16. The van der Waals surface area contributed by atoms with Gasteiger partial charge in [0.05, 0.1) is 20.3 Å². The predicted octanol–water partition coefficient (Wildman–Crippen LogP) is 2.51. The molecule has 7 heteroatoms. The summed E-state index contributed by atoms with van der Waals surface area (Å²) in [5.74, 6) is 0.125. The molecule has 1 fully saturated rings. The monoisotopic (exact) mass is 389 g/mol. The summed E-state index contributed by atoms with van der Waals surface area (Å²) in [6, 6.07) is 0. The first-order valence-electron chi connectivity index (χ1n) is 9.53. The van der Waals surface area contributed by atoms with Crippen LogP contribution in [-0.4, -0.2) is 55.3 Å². The first kappa shape index (κ1) is 20.2. The van der Waals surface area contributed by atoms with Crippen molar-refractivity contribution in [1.82, 2.24) is 4.90 Å². The van der Waals surface area contributed by atoms with Crippen molar-refractivity contribution in [2.75, 3.05) is 33.4 Å². The van der Waals surface area contributed by atoms with Gasteiger partial charge in [-0.15, -0.1) is 0 Å². The van der Waals surface area contributed by atoms with E-state index in [1.165, 1.54) is 0 Å². The minimum absolute atomic E-state index is 0.0756. The minimum atomic E-state index is -0.503. The van der Waals surface area contributed by atoms with Gasteiger partial charge >= 0.3 is 5.97 Å². The van der Waals surface area contributed by atoms with Crippen LogP contribution in [0.5, 0.6) is 11.5 Å². The van der Waals surface area contributed by atoms with E-state index in [0.717, 1.165) is 11.1 Å². The molecule has 1 aromatic rings. The van der Waals surface area contributed by atoms with Crippen molar-refractivity contribution in [3.63, 3.8) is 0 Å². The largest absolute Gasteiger partial charge is 0.507 e. The van der Waals surface area contributed by atoms with Gasteiger partial charge in [0, 0.05) is 30.6 Å². The topological polar surface area (TPSA) is 85.3 Å². The molecule has 1 amide bonds. The van der Waals surface area contributed by atoms with E-state index >= 15 is 0 Å². The van der Waals surface area contributed by atoms with Crippen LogP contribution in [0.4, 0.5) is 0 Å². The fraction of sp³-hybridized carbons (Fsp3) is 0.524. The number of methoxy groups -OCH3 is 1. The number of rotatable bonds is 6. The first-order chi connectivity index (χ1) is 13.4. The number of hydrogen-bond donors (Lipinski definition) is 1. The summed E-state index contributed by atoms with van der Waals surface area (Å²) in [6.07, 6.45) is 3.47. The number of phenolic OH excluding ortho intramolecular Hbond substituents is 1. The lowest BCUT2D eigenvalue weighted by Gasteiger charge is -2.26.